The summed E-state index contributed by atoms with van der Waals surface area (Å²) in [6.45, 7) is 3.20. The summed E-state index contributed by atoms with van der Waals surface area (Å²) in [4.78, 5) is 10.8. The van der Waals surface area contributed by atoms with E-state index in [1.807, 2.05) is 0 Å². The van der Waals surface area contributed by atoms with Gasteiger partial charge in [-0.15, -0.1) is 0 Å². The highest BCUT2D eigenvalue weighted by molar-refractivity contribution is 7.89. The number of nitro benzene ring substituents is 1. The topological polar surface area (TPSA) is 114 Å². The van der Waals surface area contributed by atoms with Gasteiger partial charge in [0, 0.05) is 24.9 Å². The first kappa shape index (κ1) is 19.7. The average Bonchev–Trinajstić information content (AvgIpc) is 2.68. The number of anilines is 1. The van der Waals surface area contributed by atoms with Crippen LogP contribution in [-0.2, 0) is 14.8 Å². The van der Waals surface area contributed by atoms with Crippen LogP contribution in [0.15, 0.2) is 28.2 Å². The van der Waals surface area contributed by atoms with Crippen molar-refractivity contribution in [1.82, 2.24) is 4.31 Å². The first-order valence-corrected chi connectivity index (χ1v) is 10.5. The fraction of sp³-hybridized carbons (Fsp3) is 0.588. The molecular weight excluding hydrogens is 372 g/mol. The third kappa shape index (κ3) is 4.45. The number of benzene rings is 1. The molecule has 0 aromatic heterocycles. The molecule has 1 heterocycles. The van der Waals surface area contributed by atoms with Crippen LogP contribution < -0.4 is 5.43 Å². The van der Waals surface area contributed by atoms with Crippen molar-refractivity contribution in [2.75, 3.05) is 31.7 Å². The van der Waals surface area contributed by atoms with E-state index in [0.717, 1.165) is 37.5 Å². The molecule has 27 heavy (non-hydrogen) atoms. The summed E-state index contributed by atoms with van der Waals surface area (Å²) in [5.41, 5.74) is 3.64. The van der Waals surface area contributed by atoms with E-state index in [1.165, 1.54) is 16.4 Å². The molecule has 1 saturated carbocycles. The standard InChI is InChI=1S/C17H24N4O5S/c1-13-4-2-3-5-15(13)18-19-16-7-6-14(12-17(16)21(22)23)27(24,25)20-8-10-26-11-9-20/h6-7,12-13,19H,2-5,8-11H2,1H3/b18-15-/t13-/m1/s1. The van der Waals surface area contributed by atoms with E-state index in [0.29, 0.717) is 19.1 Å². The molecule has 0 unspecified atom stereocenters. The molecule has 1 aliphatic heterocycles. The second kappa shape index (κ2) is 8.32. The van der Waals surface area contributed by atoms with Crippen LogP contribution in [0, 0.1) is 16.0 Å². The Bertz CT molecular complexity index is 834. The predicted molar refractivity (Wildman–Crippen MR) is 101 cm³/mol. The molecular formula is C17H24N4O5S. The Labute approximate surface area is 158 Å². The SMILES string of the molecule is C[C@@H]1CCCC/C1=N/Nc1ccc(S(=O)(=O)N2CCOCC2)cc1[N+](=O)[O-]. The van der Waals surface area contributed by atoms with E-state index in [1.54, 1.807) is 0 Å². The van der Waals surface area contributed by atoms with Crippen molar-refractivity contribution < 1.29 is 18.1 Å². The van der Waals surface area contributed by atoms with Crippen LogP contribution in [0.25, 0.3) is 0 Å². The van der Waals surface area contributed by atoms with E-state index < -0.39 is 14.9 Å². The van der Waals surface area contributed by atoms with Crippen molar-refractivity contribution >= 4 is 27.1 Å². The molecule has 2 fully saturated rings. The van der Waals surface area contributed by atoms with Crippen molar-refractivity contribution in [3.8, 4) is 0 Å². The maximum absolute atomic E-state index is 12.7. The van der Waals surface area contributed by atoms with Crippen LogP contribution >= 0.6 is 0 Å². The normalized spacial score (nSPS) is 23.3. The van der Waals surface area contributed by atoms with E-state index in [2.05, 4.69) is 17.5 Å². The zero-order valence-corrected chi connectivity index (χ0v) is 16.1. The Morgan fingerprint density at radius 1 is 1.30 bits per heavy atom. The number of hydrazone groups is 1. The number of nitro groups is 1. The van der Waals surface area contributed by atoms with Gasteiger partial charge < -0.3 is 4.74 Å². The molecule has 0 radical (unpaired) electrons. The summed E-state index contributed by atoms with van der Waals surface area (Å²) in [7, 11) is -3.79. The van der Waals surface area contributed by atoms with Gasteiger partial charge in [-0.3, -0.25) is 15.5 Å². The largest absolute Gasteiger partial charge is 0.379 e. The number of sulfonamides is 1. The Kier molecular flexibility index (Phi) is 6.08. The summed E-state index contributed by atoms with van der Waals surface area (Å²) in [5.74, 6) is 0.339. The summed E-state index contributed by atoms with van der Waals surface area (Å²) < 4.78 is 31.9. The zero-order valence-electron chi connectivity index (χ0n) is 15.3. The van der Waals surface area contributed by atoms with Crippen molar-refractivity contribution in [3.63, 3.8) is 0 Å². The van der Waals surface area contributed by atoms with Gasteiger partial charge in [0.2, 0.25) is 10.0 Å². The minimum atomic E-state index is -3.79. The minimum absolute atomic E-state index is 0.0969. The lowest BCUT2D eigenvalue weighted by molar-refractivity contribution is -0.384. The lowest BCUT2D eigenvalue weighted by atomic mass is 9.89. The maximum Gasteiger partial charge on any atom is 0.295 e. The first-order valence-electron chi connectivity index (χ1n) is 9.08. The molecule has 9 nitrogen and oxygen atoms in total. The van der Waals surface area contributed by atoms with E-state index >= 15 is 0 Å². The second-order valence-electron chi connectivity index (χ2n) is 6.81. The van der Waals surface area contributed by atoms with Gasteiger partial charge in [0.1, 0.15) is 5.69 Å². The third-order valence-corrected chi connectivity index (χ3v) is 6.88. The molecule has 10 heteroatoms. The lowest BCUT2D eigenvalue weighted by Crippen LogP contribution is -2.40. The van der Waals surface area contributed by atoms with Gasteiger partial charge in [-0.05, 0) is 37.3 Å². The van der Waals surface area contributed by atoms with Gasteiger partial charge in [0.15, 0.2) is 0 Å². The quantitative estimate of drug-likeness (QED) is 0.604. The number of nitrogens with one attached hydrogen (secondary N) is 1. The summed E-state index contributed by atoms with van der Waals surface area (Å²) in [6.07, 6.45) is 4.14. The Hall–Kier alpha value is -2.04. The molecule has 1 saturated heterocycles. The highest BCUT2D eigenvalue weighted by Crippen LogP contribution is 2.30. The molecule has 3 rings (SSSR count). The highest BCUT2D eigenvalue weighted by Gasteiger charge is 2.29. The zero-order chi connectivity index (χ0) is 19.4. The van der Waals surface area contributed by atoms with E-state index in [4.69, 9.17) is 4.74 Å². The van der Waals surface area contributed by atoms with Gasteiger partial charge in [-0.25, -0.2) is 8.42 Å². The number of nitrogens with zero attached hydrogens (tertiary/aromatic N) is 3. The van der Waals surface area contributed by atoms with Crippen LogP contribution in [0.4, 0.5) is 11.4 Å². The monoisotopic (exact) mass is 396 g/mol. The summed E-state index contributed by atoms with van der Waals surface area (Å²) >= 11 is 0. The molecule has 148 valence electrons. The number of hydrogen-bond acceptors (Lipinski definition) is 7. The van der Waals surface area contributed by atoms with Crippen LogP contribution in [0.2, 0.25) is 0 Å². The highest BCUT2D eigenvalue weighted by atomic mass is 32.2. The fourth-order valence-electron chi connectivity index (χ4n) is 3.32. The van der Waals surface area contributed by atoms with Gasteiger partial charge in [0.25, 0.3) is 5.69 Å². The van der Waals surface area contributed by atoms with Crippen LogP contribution in [0.1, 0.15) is 32.6 Å². The van der Waals surface area contributed by atoms with Gasteiger partial charge >= 0.3 is 0 Å². The van der Waals surface area contributed by atoms with Crippen LogP contribution in [0.3, 0.4) is 0 Å². The van der Waals surface area contributed by atoms with Crippen molar-refractivity contribution in [3.05, 3.63) is 28.3 Å². The van der Waals surface area contributed by atoms with E-state index in [9.17, 15) is 18.5 Å². The number of rotatable bonds is 5. The van der Waals surface area contributed by atoms with Crippen LogP contribution in [-0.4, -0.2) is 49.7 Å². The smallest absolute Gasteiger partial charge is 0.295 e. The fourth-order valence-corrected chi connectivity index (χ4v) is 4.75. The van der Waals surface area contributed by atoms with Gasteiger partial charge in [-0.1, -0.05) is 13.3 Å². The number of hydrogen-bond donors (Lipinski definition) is 1. The number of morpholine rings is 1. The average molecular weight is 396 g/mol. The van der Waals surface area contributed by atoms with E-state index in [-0.39, 0.29) is 29.4 Å². The van der Waals surface area contributed by atoms with Gasteiger partial charge in [-0.2, -0.15) is 9.41 Å². The second-order valence-corrected chi connectivity index (χ2v) is 8.75. The Morgan fingerprint density at radius 2 is 2.04 bits per heavy atom. The van der Waals surface area contributed by atoms with Crippen molar-refractivity contribution in [2.24, 2.45) is 11.0 Å². The molecule has 2 aliphatic rings. The molecule has 1 aromatic rings. The molecule has 1 aliphatic carbocycles. The molecule has 0 amide bonds. The minimum Gasteiger partial charge on any atom is -0.379 e. The summed E-state index contributed by atoms with van der Waals surface area (Å²) in [5, 5.41) is 15.8. The molecule has 1 aromatic carbocycles. The number of ether oxygens (including phenoxy) is 1. The first-order chi connectivity index (χ1) is 12.9. The van der Waals surface area contributed by atoms with Gasteiger partial charge in [0.05, 0.1) is 23.0 Å². The molecule has 0 spiro atoms. The molecule has 0 bridgehead atoms. The Balaban J connectivity index is 1.86. The maximum atomic E-state index is 12.7. The van der Waals surface area contributed by atoms with Crippen molar-refractivity contribution in [2.45, 2.75) is 37.5 Å². The predicted octanol–water partition coefficient (Wildman–Crippen LogP) is 2.59. The van der Waals surface area contributed by atoms with Crippen molar-refractivity contribution in [1.29, 1.82) is 0 Å². The summed E-state index contributed by atoms with van der Waals surface area (Å²) in [6, 6.07) is 3.88. The molecule has 1 atom stereocenters. The Morgan fingerprint density at radius 3 is 2.70 bits per heavy atom. The third-order valence-electron chi connectivity index (χ3n) is 4.98. The lowest BCUT2D eigenvalue weighted by Gasteiger charge is -2.26. The van der Waals surface area contributed by atoms with Crippen LogP contribution in [0.5, 0.6) is 0 Å². The molecule has 1 N–H and O–H groups in total.